The number of nitrogen functional groups attached to an aromatic ring is 1. The molecule has 6 heteroatoms. The van der Waals surface area contributed by atoms with Gasteiger partial charge in [0.1, 0.15) is 15.5 Å². The van der Waals surface area contributed by atoms with Crippen LogP contribution in [0.1, 0.15) is 9.67 Å². The Morgan fingerprint density at radius 2 is 2.21 bits per heavy atom. The van der Waals surface area contributed by atoms with Crippen LogP contribution in [0.3, 0.4) is 0 Å². The molecular weight excluding hydrogens is 264 g/mol. The second-order valence-electron chi connectivity index (χ2n) is 4.05. The minimum Gasteiger partial charge on any atom is -0.497 e. The van der Waals surface area contributed by atoms with E-state index >= 15 is 0 Å². The van der Waals surface area contributed by atoms with Gasteiger partial charge in [-0.2, -0.15) is 0 Å². The molecule has 0 unspecified atom stereocenters. The predicted molar refractivity (Wildman–Crippen MR) is 75.0 cm³/mol. The van der Waals surface area contributed by atoms with Crippen LogP contribution in [0.25, 0.3) is 21.1 Å². The fraction of sp³-hybridized carbons (Fsp3) is 0.0769. The summed E-state index contributed by atoms with van der Waals surface area (Å²) in [5, 5.41) is 10.6. The second kappa shape index (κ2) is 4.10. The Hall–Kier alpha value is -2.34. The summed E-state index contributed by atoms with van der Waals surface area (Å²) in [7, 11) is 1.59. The van der Waals surface area contributed by atoms with Crippen molar-refractivity contribution >= 4 is 44.1 Å². The number of nitrogens with zero attached hydrogens (tertiary/aromatic N) is 1. The molecule has 0 fully saturated rings. The first kappa shape index (κ1) is 11.7. The highest BCUT2D eigenvalue weighted by Crippen LogP contribution is 2.35. The normalized spacial score (nSPS) is 11.0. The zero-order valence-corrected chi connectivity index (χ0v) is 10.8. The molecule has 2 aromatic heterocycles. The van der Waals surface area contributed by atoms with E-state index in [1.54, 1.807) is 7.11 Å². The molecular formula is C13H10N2O3S. The Bertz CT molecular complexity index is 810. The van der Waals surface area contributed by atoms with Gasteiger partial charge in [0, 0.05) is 16.8 Å². The molecule has 96 valence electrons. The van der Waals surface area contributed by atoms with Crippen molar-refractivity contribution in [3.8, 4) is 5.75 Å². The number of carbonyl (C=O) groups is 1. The van der Waals surface area contributed by atoms with Crippen LogP contribution in [0.4, 0.5) is 5.69 Å². The number of thiophene rings is 1. The molecule has 3 aromatic rings. The van der Waals surface area contributed by atoms with Crippen molar-refractivity contribution in [1.82, 2.24) is 4.98 Å². The number of carboxylic acid groups (broad SMARTS) is 1. The number of anilines is 1. The van der Waals surface area contributed by atoms with Crippen LogP contribution in [0.15, 0.2) is 24.3 Å². The van der Waals surface area contributed by atoms with Crippen molar-refractivity contribution < 1.29 is 14.6 Å². The van der Waals surface area contributed by atoms with Crippen molar-refractivity contribution in [2.24, 2.45) is 0 Å². The fourth-order valence-electron chi connectivity index (χ4n) is 1.96. The molecule has 19 heavy (non-hydrogen) atoms. The Balaban J connectivity index is 2.35. The van der Waals surface area contributed by atoms with E-state index in [4.69, 9.17) is 15.6 Å². The third-order valence-corrected chi connectivity index (χ3v) is 4.02. The lowest BCUT2D eigenvalue weighted by Gasteiger charge is -2.02. The van der Waals surface area contributed by atoms with Gasteiger partial charge in [0.2, 0.25) is 0 Å². The summed E-state index contributed by atoms with van der Waals surface area (Å²) in [6.07, 6.45) is 0. The van der Waals surface area contributed by atoms with Crippen molar-refractivity contribution in [1.29, 1.82) is 0 Å². The average molecular weight is 274 g/mol. The molecule has 0 aliphatic carbocycles. The lowest BCUT2D eigenvalue weighted by Crippen LogP contribution is -1.96. The number of ether oxygens (including phenoxy) is 1. The smallest absolute Gasteiger partial charge is 0.348 e. The van der Waals surface area contributed by atoms with Crippen LogP contribution in [-0.2, 0) is 0 Å². The van der Waals surface area contributed by atoms with E-state index in [9.17, 15) is 4.79 Å². The van der Waals surface area contributed by atoms with E-state index in [1.165, 1.54) is 0 Å². The lowest BCUT2D eigenvalue weighted by molar-refractivity contribution is 0.0703. The van der Waals surface area contributed by atoms with Crippen molar-refractivity contribution in [2.75, 3.05) is 12.8 Å². The maximum Gasteiger partial charge on any atom is 0.348 e. The predicted octanol–water partition coefficient (Wildman–Crippen LogP) is 2.74. The SMILES string of the molecule is COc1ccc2cc3c(N)c(C(=O)O)sc3nc2c1. The van der Waals surface area contributed by atoms with Crippen LogP contribution in [0.2, 0.25) is 0 Å². The van der Waals surface area contributed by atoms with Gasteiger partial charge in [0.25, 0.3) is 0 Å². The zero-order chi connectivity index (χ0) is 13.6. The molecule has 1 aromatic carbocycles. The van der Waals surface area contributed by atoms with E-state index in [2.05, 4.69) is 4.98 Å². The fourth-order valence-corrected chi connectivity index (χ4v) is 2.88. The number of aromatic nitrogens is 1. The molecule has 3 rings (SSSR count). The van der Waals surface area contributed by atoms with E-state index in [0.717, 1.165) is 22.2 Å². The second-order valence-corrected chi connectivity index (χ2v) is 5.05. The van der Waals surface area contributed by atoms with Crippen molar-refractivity contribution in [2.45, 2.75) is 0 Å². The highest BCUT2D eigenvalue weighted by atomic mass is 32.1. The summed E-state index contributed by atoms with van der Waals surface area (Å²) in [6, 6.07) is 7.37. The first-order valence-electron chi connectivity index (χ1n) is 5.50. The summed E-state index contributed by atoms with van der Waals surface area (Å²) in [5.74, 6) is -0.315. The Morgan fingerprint density at radius 3 is 2.89 bits per heavy atom. The van der Waals surface area contributed by atoms with E-state index in [-0.39, 0.29) is 10.6 Å². The lowest BCUT2D eigenvalue weighted by atomic mass is 10.1. The monoisotopic (exact) mass is 274 g/mol. The van der Waals surface area contributed by atoms with E-state index < -0.39 is 5.97 Å². The van der Waals surface area contributed by atoms with Gasteiger partial charge in [-0.15, -0.1) is 11.3 Å². The van der Waals surface area contributed by atoms with Gasteiger partial charge in [-0.25, -0.2) is 9.78 Å². The number of aromatic carboxylic acids is 1. The van der Waals surface area contributed by atoms with Gasteiger partial charge in [-0.1, -0.05) is 0 Å². The maximum absolute atomic E-state index is 11.1. The summed E-state index contributed by atoms with van der Waals surface area (Å²) in [6.45, 7) is 0. The van der Waals surface area contributed by atoms with Gasteiger partial charge in [0.05, 0.1) is 18.3 Å². The Labute approximate surface area is 112 Å². The number of rotatable bonds is 2. The van der Waals surface area contributed by atoms with Crippen molar-refractivity contribution in [3.63, 3.8) is 0 Å². The standard InChI is InChI=1S/C13H10N2O3S/c1-18-7-3-2-6-4-8-10(14)11(13(16)17)19-12(8)15-9(6)5-7/h2-5H,14H2,1H3,(H,16,17). The third kappa shape index (κ3) is 1.77. The summed E-state index contributed by atoms with van der Waals surface area (Å²) in [4.78, 5) is 16.3. The summed E-state index contributed by atoms with van der Waals surface area (Å²) < 4.78 is 5.15. The van der Waals surface area contributed by atoms with Crippen molar-refractivity contribution in [3.05, 3.63) is 29.1 Å². The summed E-state index contributed by atoms with van der Waals surface area (Å²) >= 11 is 1.08. The van der Waals surface area contributed by atoms with Crippen LogP contribution >= 0.6 is 11.3 Å². The molecule has 0 saturated heterocycles. The molecule has 2 heterocycles. The van der Waals surface area contributed by atoms with E-state index in [1.807, 2.05) is 24.3 Å². The number of hydrogen-bond donors (Lipinski definition) is 2. The molecule has 0 aliphatic rings. The zero-order valence-electron chi connectivity index (χ0n) is 10.0. The summed E-state index contributed by atoms with van der Waals surface area (Å²) in [5.41, 5.74) is 6.88. The number of hydrogen-bond acceptors (Lipinski definition) is 5. The number of pyridine rings is 1. The number of fused-ring (bicyclic) bond motifs is 2. The minimum absolute atomic E-state index is 0.129. The molecule has 3 N–H and O–H groups in total. The molecule has 5 nitrogen and oxygen atoms in total. The number of benzene rings is 1. The van der Waals surface area contributed by atoms with Gasteiger partial charge in [-0.05, 0) is 18.2 Å². The molecule has 0 radical (unpaired) electrons. The number of methoxy groups -OCH3 is 1. The third-order valence-electron chi connectivity index (χ3n) is 2.92. The van der Waals surface area contributed by atoms with Gasteiger partial charge in [-0.3, -0.25) is 0 Å². The van der Waals surface area contributed by atoms with Crippen LogP contribution < -0.4 is 10.5 Å². The van der Waals surface area contributed by atoms with E-state index in [0.29, 0.717) is 16.0 Å². The topological polar surface area (TPSA) is 85.4 Å². The molecule has 0 aliphatic heterocycles. The molecule has 0 atom stereocenters. The van der Waals surface area contributed by atoms with Gasteiger partial charge < -0.3 is 15.6 Å². The molecule has 0 saturated carbocycles. The van der Waals surface area contributed by atoms with Crippen LogP contribution in [0.5, 0.6) is 5.75 Å². The Kier molecular flexibility index (Phi) is 2.53. The molecule has 0 bridgehead atoms. The van der Waals surface area contributed by atoms with Crippen LogP contribution in [0, 0.1) is 0 Å². The highest BCUT2D eigenvalue weighted by Gasteiger charge is 2.16. The molecule has 0 amide bonds. The highest BCUT2D eigenvalue weighted by molar-refractivity contribution is 7.21. The first-order chi connectivity index (χ1) is 9.10. The Morgan fingerprint density at radius 1 is 1.42 bits per heavy atom. The minimum atomic E-state index is -1.03. The number of carboxylic acids is 1. The quantitative estimate of drug-likeness (QED) is 0.750. The largest absolute Gasteiger partial charge is 0.497 e. The maximum atomic E-state index is 11.1. The first-order valence-corrected chi connectivity index (χ1v) is 6.32. The van der Waals surface area contributed by atoms with Crippen LogP contribution in [-0.4, -0.2) is 23.2 Å². The molecule has 0 spiro atoms. The van der Waals surface area contributed by atoms with Gasteiger partial charge in [0.15, 0.2) is 0 Å². The van der Waals surface area contributed by atoms with Gasteiger partial charge >= 0.3 is 5.97 Å². The average Bonchev–Trinajstić information content (AvgIpc) is 2.73. The number of nitrogens with two attached hydrogens (primary N) is 1.